The normalized spacial score (nSPS) is 9.91. The minimum atomic E-state index is -0.875. The minimum Gasteiger partial charge on any atom is -0.376 e. The highest BCUT2D eigenvalue weighted by molar-refractivity contribution is 5.95. The van der Waals surface area contributed by atoms with Crippen LogP contribution in [-0.4, -0.2) is 17.0 Å². The van der Waals surface area contributed by atoms with Crippen molar-refractivity contribution in [1.29, 1.82) is 0 Å². The first kappa shape index (κ1) is 15.4. The first-order valence-corrected chi connectivity index (χ1v) is 6.56. The third-order valence-corrected chi connectivity index (χ3v) is 2.68. The van der Waals surface area contributed by atoms with Gasteiger partial charge in [0.05, 0.1) is 17.6 Å². The lowest BCUT2D eigenvalue weighted by atomic mass is 10.3. The maximum absolute atomic E-state index is 12.9. The highest BCUT2D eigenvalue weighted by atomic mass is 19.1. The summed E-state index contributed by atoms with van der Waals surface area (Å²) in [6.45, 7) is 1.59. The number of nitrogens with zero attached hydrogens (tertiary/aromatic N) is 1. The van der Waals surface area contributed by atoms with Gasteiger partial charge in [-0.3, -0.25) is 15.1 Å². The van der Waals surface area contributed by atoms with Gasteiger partial charge in [-0.25, -0.2) is 9.18 Å². The van der Waals surface area contributed by atoms with Gasteiger partial charge in [0, 0.05) is 18.3 Å². The maximum atomic E-state index is 12.9. The summed E-state index contributed by atoms with van der Waals surface area (Å²) in [4.78, 5) is 26.6. The summed E-state index contributed by atoms with van der Waals surface area (Å²) in [5, 5.41) is 5.44. The van der Waals surface area contributed by atoms with Gasteiger partial charge in [0.1, 0.15) is 5.82 Å². The molecule has 2 N–H and O–H groups in total. The van der Waals surface area contributed by atoms with Crippen LogP contribution in [-0.2, 0) is 9.53 Å². The van der Waals surface area contributed by atoms with Gasteiger partial charge in [-0.05, 0) is 30.3 Å². The van der Waals surface area contributed by atoms with Crippen LogP contribution in [0.2, 0.25) is 0 Å². The highest BCUT2D eigenvalue weighted by Crippen LogP contribution is 2.24. The number of ether oxygens (including phenoxy) is 1. The summed E-state index contributed by atoms with van der Waals surface area (Å²) >= 11 is 0. The van der Waals surface area contributed by atoms with Crippen molar-refractivity contribution in [1.82, 2.24) is 4.98 Å². The number of carbonyl (C=O) groups is 2. The number of aromatic nitrogens is 1. The number of rotatable bonds is 4. The van der Waals surface area contributed by atoms with E-state index in [1.165, 1.54) is 24.5 Å². The van der Waals surface area contributed by atoms with E-state index in [1.807, 2.05) is 0 Å². The van der Waals surface area contributed by atoms with Crippen molar-refractivity contribution < 1.29 is 18.7 Å². The zero-order valence-corrected chi connectivity index (χ0v) is 11.8. The molecule has 0 aliphatic rings. The van der Waals surface area contributed by atoms with Crippen molar-refractivity contribution in [2.45, 2.75) is 13.3 Å². The van der Waals surface area contributed by atoms with Gasteiger partial charge < -0.3 is 10.1 Å². The molecule has 1 aromatic carbocycles. The zero-order valence-electron chi connectivity index (χ0n) is 11.8. The molecule has 2 rings (SSSR count). The van der Waals surface area contributed by atoms with Crippen LogP contribution >= 0.6 is 0 Å². The number of esters is 1. The molecule has 1 amide bonds. The lowest BCUT2D eigenvalue weighted by Gasteiger charge is -2.12. The van der Waals surface area contributed by atoms with Gasteiger partial charge in [-0.2, -0.15) is 0 Å². The maximum Gasteiger partial charge on any atom is 0.419 e. The fourth-order valence-electron chi connectivity index (χ4n) is 1.60. The average Bonchev–Trinajstić information content (AvgIpc) is 2.51. The SMILES string of the molecule is CCC(=O)OC(=O)Nc1ccncc1Nc1ccc(F)cc1. The van der Waals surface area contributed by atoms with E-state index in [1.54, 1.807) is 25.1 Å². The third-order valence-electron chi connectivity index (χ3n) is 2.68. The molecule has 0 radical (unpaired) electrons. The van der Waals surface area contributed by atoms with Gasteiger partial charge in [0.2, 0.25) is 0 Å². The monoisotopic (exact) mass is 303 g/mol. The molecule has 0 unspecified atom stereocenters. The van der Waals surface area contributed by atoms with Crippen LogP contribution < -0.4 is 10.6 Å². The Kier molecular flexibility index (Phi) is 5.02. The number of carbonyl (C=O) groups excluding carboxylic acids is 2. The Balaban J connectivity index is 2.11. The second kappa shape index (κ2) is 7.16. The minimum absolute atomic E-state index is 0.102. The third kappa shape index (κ3) is 4.27. The zero-order chi connectivity index (χ0) is 15.9. The molecule has 0 aliphatic heterocycles. The van der Waals surface area contributed by atoms with Gasteiger partial charge in [0.15, 0.2) is 0 Å². The number of amides is 1. The summed E-state index contributed by atoms with van der Waals surface area (Å²) in [6, 6.07) is 7.25. The Labute approximate surface area is 126 Å². The molecular formula is C15H14FN3O3. The van der Waals surface area contributed by atoms with Gasteiger partial charge in [-0.15, -0.1) is 0 Å². The van der Waals surface area contributed by atoms with Crippen LogP contribution in [0.1, 0.15) is 13.3 Å². The summed E-state index contributed by atoms with van der Waals surface area (Å²) in [7, 11) is 0. The molecule has 7 heteroatoms. The van der Waals surface area contributed by atoms with Crippen LogP contribution in [0.15, 0.2) is 42.7 Å². The number of hydrogen-bond donors (Lipinski definition) is 2. The topological polar surface area (TPSA) is 80.3 Å². The molecule has 0 spiro atoms. The predicted octanol–water partition coefficient (Wildman–Crippen LogP) is 3.45. The van der Waals surface area contributed by atoms with E-state index >= 15 is 0 Å². The van der Waals surface area contributed by atoms with Crippen molar-refractivity contribution in [3.05, 3.63) is 48.5 Å². The molecule has 22 heavy (non-hydrogen) atoms. The molecule has 0 fully saturated rings. The van der Waals surface area contributed by atoms with Gasteiger partial charge >= 0.3 is 12.1 Å². The fourth-order valence-corrected chi connectivity index (χ4v) is 1.60. The molecule has 0 bridgehead atoms. The second-order valence-electron chi connectivity index (χ2n) is 4.29. The molecule has 0 saturated carbocycles. The van der Waals surface area contributed by atoms with E-state index in [0.29, 0.717) is 17.1 Å². The summed E-state index contributed by atoms with van der Waals surface area (Å²) in [5.74, 6) is -0.976. The summed E-state index contributed by atoms with van der Waals surface area (Å²) < 4.78 is 17.4. The summed E-state index contributed by atoms with van der Waals surface area (Å²) in [6.07, 6.45) is 2.19. The van der Waals surface area contributed by atoms with E-state index in [4.69, 9.17) is 0 Å². The van der Waals surface area contributed by atoms with Crippen molar-refractivity contribution in [3.63, 3.8) is 0 Å². The molecule has 1 aromatic heterocycles. The standard InChI is InChI=1S/C15H14FN3O3/c1-2-14(20)22-15(21)19-12-7-8-17-9-13(12)18-11-5-3-10(16)4-6-11/h3-9,18H,2H2,1H3,(H,17,19,21). The number of pyridine rings is 1. The predicted molar refractivity (Wildman–Crippen MR) is 79.3 cm³/mol. The molecule has 114 valence electrons. The fraction of sp³-hybridized carbons (Fsp3) is 0.133. The number of anilines is 3. The molecule has 6 nitrogen and oxygen atoms in total. The van der Waals surface area contributed by atoms with Gasteiger partial charge in [0.25, 0.3) is 0 Å². The first-order chi connectivity index (χ1) is 10.6. The van der Waals surface area contributed by atoms with Crippen LogP contribution in [0, 0.1) is 5.82 Å². The molecule has 0 atom stereocenters. The summed E-state index contributed by atoms with van der Waals surface area (Å²) in [5.41, 5.74) is 1.48. The Morgan fingerprint density at radius 3 is 2.59 bits per heavy atom. The second-order valence-corrected chi connectivity index (χ2v) is 4.29. The number of halogens is 1. The molecule has 1 heterocycles. The van der Waals surface area contributed by atoms with Crippen molar-refractivity contribution in [3.8, 4) is 0 Å². The molecule has 0 saturated heterocycles. The van der Waals surface area contributed by atoms with Crippen molar-refractivity contribution in [2.24, 2.45) is 0 Å². The van der Waals surface area contributed by atoms with E-state index < -0.39 is 12.1 Å². The first-order valence-electron chi connectivity index (χ1n) is 6.56. The Morgan fingerprint density at radius 2 is 1.91 bits per heavy atom. The lowest BCUT2D eigenvalue weighted by Crippen LogP contribution is -2.18. The van der Waals surface area contributed by atoms with Crippen LogP contribution in [0.25, 0.3) is 0 Å². The average molecular weight is 303 g/mol. The lowest BCUT2D eigenvalue weighted by molar-refractivity contribution is -0.136. The highest BCUT2D eigenvalue weighted by Gasteiger charge is 2.11. The molecular weight excluding hydrogens is 289 g/mol. The van der Waals surface area contributed by atoms with E-state index in [0.717, 1.165) is 0 Å². The molecule has 0 aliphatic carbocycles. The van der Waals surface area contributed by atoms with Crippen LogP contribution in [0.5, 0.6) is 0 Å². The van der Waals surface area contributed by atoms with E-state index in [9.17, 15) is 14.0 Å². The molecule has 2 aromatic rings. The quantitative estimate of drug-likeness (QED) is 0.668. The Morgan fingerprint density at radius 1 is 1.18 bits per heavy atom. The van der Waals surface area contributed by atoms with E-state index in [2.05, 4.69) is 20.4 Å². The van der Waals surface area contributed by atoms with E-state index in [-0.39, 0.29) is 12.2 Å². The largest absolute Gasteiger partial charge is 0.419 e. The number of hydrogen-bond acceptors (Lipinski definition) is 5. The van der Waals surface area contributed by atoms with Gasteiger partial charge in [-0.1, -0.05) is 6.92 Å². The number of nitrogens with one attached hydrogen (secondary N) is 2. The smallest absolute Gasteiger partial charge is 0.376 e. The Hall–Kier alpha value is -2.96. The van der Waals surface area contributed by atoms with Crippen LogP contribution in [0.4, 0.5) is 26.2 Å². The Bertz CT molecular complexity index is 674. The van der Waals surface area contributed by atoms with Crippen molar-refractivity contribution in [2.75, 3.05) is 10.6 Å². The number of benzene rings is 1. The van der Waals surface area contributed by atoms with Crippen LogP contribution in [0.3, 0.4) is 0 Å². The van der Waals surface area contributed by atoms with Crippen molar-refractivity contribution >= 4 is 29.1 Å².